The first-order valence-corrected chi connectivity index (χ1v) is 8.49. The number of aromatic nitrogens is 1. The molecule has 1 aromatic carbocycles. The van der Waals surface area contributed by atoms with Gasteiger partial charge in [-0.05, 0) is 62.2 Å². The van der Waals surface area contributed by atoms with Gasteiger partial charge in [-0.2, -0.15) is 0 Å². The van der Waals surface area contributed by atoms with E-state index in [0.717, 1.165) is 24.9 Å². The molecule has 2 N–H and O–H groups in total. The lowest BCUT2D eigenvalue weighted by molar-refractivity contribution is -0.126. The van der Waals surface area contributed by atoms with Crippen LogP contribution >= 0.6 is 12.4 Å². The molecular formula is C19H23ClFN3O2. The van der Waals surface area contributed by atoms with Gasteiger partial charge >= 0.3 is 0 Å². The van der Waals surface area contributed by atoms with Crippen molar-refractivity contribution in [2.45, 2.75) is 32.4 Å². The second-order valence-corrected chi connectivity index (χ2v) is 6.35. The lowest BCUT2D eigenvalue weighted by Crippen LogP contribution is -2.42. The Balaban J connectivity index is 0.00000243. The summed E-state index contributed by atoms with van der Waals surface area (Å²) in [6.07, 6.45) is 3.36. The maximum absolute atomic E-state index is 12.9. The third-order valence-electron chi connectivity index (χ3n) is 4.30. The summed E-state index contributed by atoms with van der Waals surface area (Å²) in [5.74, 6) is 0.760. The lowest BCUT2D eigenvalue weighted by Gasteiger charge is -2.27. The van der Waals surface area contributed by atoms with E-state index in [2.05, 4.69) is 22.5 Å². The Hall–Kier alpha value is -2.18. The number of nitrogens with zero attached hydrogens (tertiary/aromatic N) is 1. The van der Waals surface area contributed by atoms with E-state index in [0.29, 0.717) is 24.2 Å². The second-order valence-electron chi connectivity index (χ2n) is 6.35. The van der Waals surface area contributed by atoms with Gasteiger partial charge in [-0.3, -0.25) is 4.79 Å². The summed E-state index contributed by atoms with van der Waals surface area (Å²) in [7, 11) is 0. The molecule has 2 aromatic rings. The van der Waals surface area contributed by atoms with Crippen LogP contribution in [0.25, 0.3) is 0 Å². The van der Waals surface area contributed by atoms with E-state index < -0.39 is 0 Å². The Morgan fingerprint density at radius 3 is 2.85 bits per heavy atom. The van der Waals surface area contributed by atoms with Crippen LogP contribution in [0.5, 0.6) is 11.6 Å². The van der Waals surface area contributed by atoms with Gasteiger partial charge in [0.2, 0.25) is 11.8 Å². The van der Waals surface area contributed by atoms with Crippen LogP contribution in [-0.2, 0) is 11.3 Å². The van der Waals surface area contributed by atoms with Crippen molar-refractivity contribution in [3.63, 3.8) is 0 Å². The smallest absolute Gasteiger partial charge is 0.223 e. The van der Waals surface area contributed by atoms with Gasteiger partial charge in [-0.1, -0.05) is 0 Å². The Bertz CT molecular complexity index is 727. The monoisotopic (exact) mass is 379 g/mol. The van der Waals surface area contributed by atoms with Gasteiger partial charge in [-0.25, -0.2) is 9.37 Å². The fourth-order valence-electron chi connectivity index (χ4n) is 2.94. The summed E-state index contributed by atoms with van der Waals surface area (Å²) in [5.41, 5.74) is 0.905. The third-order valence-corrected chi connectivity index (χ3v) is 4.30. The number of hydrogen-bond donors (Lipinski definition) is 2. The second kappa shape index (κ2) is 9.50. The van der Waals surface area contributed by atoms with Crippen LogP contribution in [0.4, 0.5) is 4.39 Å². The van der Waals surface area contributed by atoms with Crippen molar-refractivity contribution in [1.29, 1.82) is 0 Å². The quantitative estimate of drug-likeness (QED) is 0.835. The van der Waals surface area contributed by atoms with Crippen molar-refractivity contribution >= 4 is 18.3 Å². The van der Waals surface area contributed by atoms with Crippen molar-refractivity contribution < 1.29 is 13.9 Å². The molecule has 0 bridgehead atoms. The number of benzene rings is 1. The molecule has 1 fully saturated rings. The van der Waals surface area contributed by atoms with Gasteiger partial charge in [0.1, 0.15) is 11.6 Å². The molecular weight excluding hydrogens is 357 g/mol. The molecule has 3 rings (SSSR count). The van der Waals surface area contributed by atoms with Crippen LogP contribution in [0.2, 0.25) is 0 Å². The summed E-state index contributed by atoms with van der Waals surface area (Å²) < 4.78 is 18.5. The summed E-state index contributed by atoms with van der Waals surface area (Å²) in [6.45, 7) is 3.41. The summed E-state index contributed by atoms with van der Waals surface area (Å²) in [4.78, 5) is 16.5. The van der Waals surface area contributed by atoms with E-state index in [4.69, 9.17) is 4.74 Å². The zero-order chi connectivity index (χ0) is 17.6. The fraction of sp³-hybridized carbons (Fsp3) is 0.368. The van der Waals surface area contributed by atoms with Crippen molar-refractivity contribution in [3.05, 3.63) is 54.0 Å². The maximum Gasteiger partial charge on any atom is 0.223 e. The van der Waals surface area contributed by atoms with E-state index >= 15 is 0 Å². The van der Waals surface area contributed by atoms with Crippen molar-refractivity contribution in [1.82, 2.24) is 15.6 Å². The van der Waals surface area contributed by atoms with E-state index in [1.807, 2.05) is 6.07 Å². The number of hydrogen-bond acceptors (Lipinski definition) is 4. The van der Waals surface area contributed by atoms with Crippen LogP contribution in [0.1, 0.15) is 25.3 Å². The number of pyridine rings is 1. The van der Waals surface area contributed by atoms with Crippen LogP contribution in [-0.4, -0.2) is 23.5 Å². The number of rotatable bonds is 5. The minimum Gasteiger partial charge on any atom is -0.439 e. The van der Waals surface area contributed by atoms with Crippen LogP contribution in [0.3, 0.4) is 0 Å². The highest BCUT2D eigenvalue weighted by molar-refractivity contribution is 5.85. The predicted octanol–water partition coefficient (Wildman–Crippen LogP) is 3.44. The molecule has 1 aromatic heterocycles. The number of carbonyl (C=O) groups is 1. The highest BCUT2D eigenvalue weighted by Crippen LogP contribution is 2.20. The molecule has 0 unspecified atom stereocenters. The summed E-state index contributed by atoms with van der Waals surface area (Å²) in [5, 5.41) is 6.33. The molecule has 2 atom stereocenters. The molecule has 0 saturated carbocycles. The lowest BCUT2D eigenvalue weighted by atomic mass is 9.92. The van der Waals surface area contributed by atoms with Gasteiger partial charge in [0, 0.05) is 30.8 Å². The zero-order valence-electron chi connectivity index (χ0n) is 14.6. The molecule has 1 saturated heterocycles. The first-order valence-electron chi connectivity index (χ1n) is 8.49. The van der Waals surface area contributed by atoms with Crippen molar-refractivity contribution in [2.24, 2.45) is 5.92 Å². The largest absolute Gasteiger partial charge is 0.439 e. The standard InChI is InChI=1S/C19H22FN3O2.ClH/c1-13-10-15(7-9-21-13)19(24)23-12-14-6-8-22-18(11-14)25-17-4-2-16(20)3-5-17;/h2-6,8,11,13,15,21H,7,9-10,12H2,1H3,(H,23,24);1H/t13-,15-;/m0./s1. The highest BCUT2D eigenvalue weighted by Gasteiger charge is 2.24. The Kier molecular flexibility index (Phi) is 7.36. The first kappa shape index (κ1) is 20.1. The number of ether oxygens (including phenoxy) is 1. The molecule has 26 heavy (non-hydrogen) atoms. The number of piperidine rings is 1. The average molecular weight is 380 g/mol. The van der Waals surface area contributed by atoms with Crippen molar-refractivity contribution in [3.8, 4) is 11.6 Å². The minimum absolute atomic E-state index is 0. The van der Waals surface area contributed by atoms with Gasteiger partial charge in [-0.15, -0.1) is 12.4 Å². The fourth-order valence-corrected chi connectivity index (χ4v) is 2.94. The summed E-state index contributed by atoms with van der Waals surface area (Å²) >= 11 is 0. The first-order chi connectivity index (χ1) is 12.1. The predicted molar refractivity (Wildman–Crippen MR) is 100.0 cm³/mol. The number of carbonyl (C=O) groups excluding carboxylic acids is 1. The molecule has 1 amide bonds. The molecule has 1 aliphatic heterocycles. The summed E-state index contributed by atoms with van der Waals surface area (Å²) in [6, 6.07) is 9.74. The minimum atomic E-state index is -0.316. The maximum atomic E-state index is 12.9. The Labute approximate surface area is 158 Å². The van der Waals surface area contributed by atoms with Crippen molar-refractivity contribution in [2.75, 3.05) is 6.54 Å². The third kappa shape index (κ3) is 5.68. The number of halogens is 2. The average Bonchev–Trinajstić information content (AvgIpc) is 2.62. The Morgan fingerprint density at radius 2 is 2.12 bits per heavy atom. The molecule has 5 nitrogen and oxygen atoms in total. The zero-order valence-corrected chi connectivity index (χ0v) is 15.4. The molecule has 1 aliphatic rings. The van der Waals surface area contributed by atoms with Crippen LogP contribution in [0, 0.1) is 11.7 Å². The molecule has 140 valence electrons. The Morgan fingerprint density at radius 1 is 1.35 bits per heavy atom. The van der Waals surface area contributed by atoms with E-state index in [1.165, 1.54) is 12.1 Å². The van der Waals surface area contributed by atoms with Gasteiger partial charge in [0.15, 0.2) is 0 Å². The van der Waals surface area contributed by atoms with E-state index in [9.17, 15) is 9.18 Å². The van der Waals surface area contributed by atoms with E-state index in [-0.39, 0.29) is 30.0 Å². The normalized spacial score (nSPS) is 19.3. The van der Waals surface area contributed by atoms with Gasteiger partial charge in [0.05, 0.1) is 0 Å². The van der Waals surface area contributed by atoms with Crippen LogP contribution in [0.15, 0.2) is 42.6 Å². The molecule has 2 heterocycles. The SMILES string of the molecule is C[C@H]1C[C@@H](C(=O)NCc2ccnc(Oc3ccc(F)cc3)c2)CCN1.Cl. The van der Waals surface area contributed by atoms with Gasteiger partial charge in [0.25, 0.3) is 0 Å². The number of nitrogens with one attached hydrogen (secondary N) is 2. The molecule has 0 aliphatic carbocycles. The van der Waals surface area contributed by atoms with Crippen LogP contribution < -0.4 is 15.4 Å². The highest BCUT2D eigenvalue weighted by atomic mass is 35.5. The topological polar surface area (TPSA) is 63.2 Å². The molecule has 0 radical (unpaired) electrons. The molecule has 7 heteroatoms. The van der Waals surface area contributed by atoms with Gasteiger partial charge < -0.3 is 15.4 Å². The number of amides is 1. The van der Waals surface area contributed by atoms with E-state index in [1.54, 1.807) is 24.4 Å². The molecule has 0 spiro atoms.